The van der Waals surface area contributed by atoms with Crippen LogP contribution in [0.2, 0.25) is 0 Å². The Kier molecular flexibility index (Phi) is 7.22. The van der Waals surface area contributed by atoms with Crippen LogP contribution in [0.25, 0.3) is 0 Å². The van der Waals surface area contributed by atoms with Crippen LogP contribution in [0.15, 0.2) is 18.3 Å². The van der Waals surface area contributed by atoms with Gasteiger partial charge in [0.15, 0.2) is 11.4 Å². The fourth-order valence-electron chi connectivity index (χ4n) is 3.35. The van der Waals surface area contributed by atoms with E-state index >= 15 is 0 Å². The number of pyridine rings is 1. The summed E-state index contributed by atoms with van der Waals surface area (Å²) in [6.07, 6.45) is 6.22. The minimum atomic E-state index is -0.302. The number of carbonyl (C=O) groups is 3. The number of aromatic nitrogens is 1. The molecule has 0 atom stereocenters. The highest BCUT2D eigenvalue weighted by Crippen LogP contribution is 2.28. The molecule has 8 nitrogen and oxygen atoms in total. The first-order chi connectivity index (χ1) is 13.6. The van der Waals surface area contributed by atoms with Crippen LogP contribution in [0.3, 0.4) is 0 Å². The van der Waals surface area contributed by atoms with Crippen LogP contribution in [0, 0.1) is 5.92 Å². The maximum absolute atomic E-state index is 12.6. The van der Waals surface area contributed by atoms with Gasteiger partial charge in [0.1, 0.15) is 6.61 Å². The van der Waals surface area contributed by atoms with Crippen molar-refractivity contribution < 1.29 is 19.1 Å². The first-order valence-electron chi connectivity index (χ1n) is 10.1. The highest BCUT2D eigenvalue weighted by molar-refractivity contribution is 5.94. The minimum Gasteiger partial charge on any atom is -0.489 e. The normalized spacial score (nSPS) is 20.2. The first kappa shape index (κ1) is 20.1. The molecule has 2 aliphatic rings. The molecule has 0 saturated heterocycles. The summed E-state index contributed by atoms with van der Waals surface area (Å²) in [5.41, 5.74) is 0.225. The molecule has 0 radical (unpaired) electrons. The smallest absolute Gasteiger partial charge is 0.273 e. The van der Waals surface area contributed by atoms with Crippen LogP contribution in [0.1, 0.15) is 49.0 Å². The topological polar surface area (TPSA) is 101 Å². The van der Waals surface area contributed by atoms with Crippen LogP contribution in [-0.2, 0) is 9.59 Å². The predicted molar refractivity (Wildman–Crippen MR) is 103 cm³/mol. The van der Waals surface area contributed by atoms with E-state index in [4.69, 9.17) is 4.74 Å². The van der Waals surface area contributed by atoms with Crippen molar-refractivity contribution in [3.8, 4) is 5.75 Å². The second-order valence-corrected chi connectivity index (χ2v) is 7.21. The van der Waals surface area contributed by atoms with E-state index in [1.165, 1.54) is 0 Å². The number of amides is 3. The molecule has 2 N–H and O–H groups in total. The van der Waals surface area contributed by atoms with E-state index in [1.807, 2.05) is 4.90 Å². The second kappa shape index (κ2) is 10.1. The van der Waals surface area contributed by atoms with Gasteiger partial charge in [-0.15, -0.1) is 0 Å². The highest BCUT2D eigenvalue weighted by Gasteiger charge is 2.29. The summed E-state index contributed by atoms with van der Waals surface area (Å²) in [6, 6.07) is 3.39. The van der Waals surface area contributed by atoms with Crippen molar-refractivity contribution >= 4 is 17.7 Å². The third-order valence-corrected chi connectivity index (χ3v) is 5.16. The summed E-state index contributed by atoms with van der Waals surface area (Å²) in [4.78, 5) is 43.0. The number of hydrogen-bond donors (Lipinski definition) is 2. The fourth-order valence-corrected chi connectivity index (χ4v) is 3.35. The Bertz CT molecular complexity index is 705. The quantitative estimate of drug-likeness (QED) is 0.751. The number of fused-ring (bicyclic) bond motifs is 1. The van der Waals surface area contributed by atoms with Crippen molar-refractivity contribution in [1.29, 1.82) is 0 Å². The molecule has 0 bridgehead atoms. The summed E-state index contributed by atoms with van der Waals surface area (Å²) in [5, 5.41) is 5.66. The lowest BCUT2D eigenvalue weighted by Crippen LogP contribution is -2.41. The lowest BCUT2D eigenvalue weighted by molar-refractivity contribution is -0.138. The van der Waals surface area contributed by atoms with Crippen molar-refractivity contribution in [1.82, 2.24) is 20.5 Å². The van der Waals surface area contributed by atoms with Crippen LogP contribution in [0.4, 0.5) is 0 Å². The Morgan fingerprint density at radius 2 is 1.93 bits per heavy atom. The lowest BCUT2D eigenvalue weighted by atomic mass is 9.84. The van der Waals surface area contributed by atoms with E-state index in [0.717, 1.165) is 19.3 Å². The van der Waals surface area contributed by atoms with Gasteiger partial charge in [-0.25, -0.2) is 4.98 Å². The monoisotopic (exact) mass is 388 g/mol. The molecule has 1 aromatic rings. The Hall–Kier alpha value is -2.64. The van der Waals surface area contributed by atoms with Crippen molar-refractivity contribution in [3.05, 3.63) is 24.0 Å². The molecule has 3 rings (SSSR count). The average molecular weight is 388 g/mol. The van der Waals surface area contributed by atoms with Crippen molar-refractivity contribution in [2.75, 3.05) is 32.8 Å². The van der Waals surface area contributed by atoms with Gasteiger partial charge < -0.3 is 20.3 Å². The molecule has 28 heavy (non-hydrogen) atoms. The molecular formula is C20H28N4O4. The van der Waals surface area contributed by atoms with Gasteiger partial charge in [-0.3, -0.25) is 14.4 Å². The zero-order valence-electron chi connectivity index (χ0n) is 16.1. The average Bonchev–Trinajstić information content (AvgIpc) is 2.65. The SMILES string of the molecule is O=C1CCCN(C(=O)C2CCC2)CCCNC(=O)c2ncccc2OCCN1. The number of hydrogen-bond acceptors (Lipinski definition) is 5. The minimum absolute atomic E-state index is 0.0594. The zero-order chi connectivity index (χ0) is 19.8. The molecule has 1 saturated carbocycles. The Morgan fingerprint density at radius 1 is 1.11 bits per heavy atom. The summed E-state index contributed by atoms with van der Waals surface area (Å²) in [7, 11) is 0. The van der Waals surface area contributed by atoms with Gasteiger partial charge in [-0.2, -0.15) is 0 Å². The maximum Gasteiger partial charge on any atom is 0.273 e. The molecule has 1 aliphatic heterocycles. The van der Waals surface area contributed by atoms with Gasteiger partial charge >= 0.3 is 0 Å². The van der Waals surface area contributed by atoms with Crippen LogP contribution in [0.5, 0.6) is 5.75 Å². The molecule has 3 amide bonds. The van der Waals surface area contributed by atoms with Crippen molar-refractivity contribution in [2.24, 2.45) is 5.92 Å². The van der Waals surface area contributed by atoms with Gasteiger partial charge in [-0.1, -0.05) is 6.42 Å². The third kappa shape index (κ3) is 5.43. The Labute approximate surface area is 165 Å². The maximum atomic E-state index is 12.6. The van der Waals surface area contributed by atoms with E-state index < -0.39 is 0 Å². The number of carbonyl (C=O) groups excluding carboxylic acids is 3. The zero-order valence-corrected chi connectivity index (χ0v) is 16.1. The molecule has 0 aromatic carbocycles. The summed E-state index contributed by atoms with van der Waals surface area (Å²) in [6.45, 7) is 2.19. The highest BCUT2D eigenvalue weighted by atomic mass is 16.5. The van der Waals surface area contributed by atoms with E-state index in [2.05, 4.69) is 15.6 Å². The second-order valence-electron chi connectivity index (χ2n) is 7.21. The summed E-state index contributed by atoms with van der Waals surface area (Å²) < 4.78 is 5.61. The van der Waals surface area contributed by atoms with E-state index in [1.54, 1.807) is 18.3 Å². The van der Waals surface area contributed by atoms with Crippen molar-refractivity contribution in [2.45, 2.75) is 38.5 Å². The van der Waals surface area contributed by atoms with Gasteiger partial charge in [0.25, 0.3) is 5.91 Å². The predicted octanol–water partition coefficient (Wildman–Crippen LogP) is 1.12. The molecule has 2 heterocycles. The summed E-state index contributed by atoms with van der Waals surface area (Å²) >= 11 is 0. The van der Waals surface area contributed by atoms with E-state index in [0.29, 0.717) is 51.2 Å². The molecule has 1 fully saturated rings. The van der Waals surface area contributed by atoms with Crippen LogP contribution in [-0.4, -0.2) is 60.4 Å². The molecule has 0 spiro atoms. The van der Waals surface area contributed by atoms with E-state index in [9.17, 15) is 14.4 Å². The number of nitrogens with one attached hydrogen (secondary N) is 2. The van der Waals surface area contributed by atoms with Gasteiger partial charge in [0.05, 0.1) is 6.54 Å². The van der Waals surface area contributed by atoms with Crippen molar-refractivity contribution in [3.63, 3.8) is 0 Å². The van der Waals surface area contributed by atoms with Gasteiger partial charge in [0.2, 0.25) is 11.8 Å². The van der Waals surface area contributed by atoms with E-state index in [-0.39, 0.29) is 35.9 Å². The molecular weight excluding hydrogens is 360 g/mol. The molecule has 1 aliphatic carbocycles. The molecule has 152 valence electrons. The molecule has 1 aromatic heterocycles. The first-order valence-corrected chi connectivity index (χ1v) is 10.1. The van der Waals surface area contributed by atoms with Gasteiger partial charge in [-0.05, 0) is 37.8 Å². The number of nitrogens with zero attached hydrogens (tertiary/aromatic N) is 2. The fraction of sp³-hybridized carbons (Fsp3) is 0.600. The lowest BCUT2D eigenvalue weighted by Gasteiger charge is -2.32. The third-order valence-electron chi connectivity index (χ3n) is 5.16. The molecule has 8 heteroatoms. The number of ether oxygens (including phenoxy) is 1. The Balaban J connectivity index is 1.64. The Morgan fingerprint density at radius 3 is 2.71 bits per heavy atom. The van der Waals surface area contributed by atoms with Gasteiger partial charge in [0, 0.05) is 38.2 Å². The molecule has 0 unspecified atom stereocenters. The van der Waals surface area contributed by atoms with Crippen LogP contribution < -0.4 is 15.4 Å². The van der Waals surface area contributed by atoms with Crippen LogP contribution >= 0.6 is 0 Å². The summed E-state index contributed by atoms with van der Waals surface area (Å²) in [5.74, 6) is 0.337. The standard InChI is InChI=1S/C20H28N4O4/c25-17-8-3-12-24(20(27)15-5-1-6-15)13-4-10-23-19(26)18-16(7-2-9-22-18)28-14-11-21-17/h2,7,9,15H,1,3-6,8,10-14H2,(H,21,25)(H,23,26). The largest absolute Gasteiger partial charge is 0.489 e. The number of rotatable bonds is 1.